The van der Waals surface area contributed by atoms with E-state index in [1.54, 1.807) is 4.68 Å². The Balaban J connectivity index is 1.78. The summed E-state index contributed by atoms with van der Waals surface area (Å²) < 4.78 is 33.0. The van der Waals surface area contributed by atoms with Crippen LogP contribution in [-0.2, 0) is 13.1 Å². The van der Waals surface area contributed by atoms with Crippen molar-refractivity contribution in [3.63, 3.8) is 0 Å². The lowest BCUT2D eigenvalue weighted by atomic mass is 10.2. The van der Waals surface area contributed by atoms with Crippen LogP contribution >= 0.6 is 0 Å². The molecule has 0 unspecified atom stereocenters. The molecule has 0 amide bonds. The Kier molecular flexibility index (Phi) is 6.06. The first-order valence-corrected chi connectivity index (χ1v) is 7.45. The minimum Gasteiger partial charge on any atom is -0.492 e. The number of halogens is 2. The maximum atomic E-state index is 13.0. The third-order valence-electron chi connectivity index (χ3n) is 3.58. The van der Waals surface area contributed by atoms with Crippen molar-refractivity contribution < 1.29 is 18.6 Å². The number of benzene rings is 1. The van der Waals surface area contributed by atoms with Crippen LogP contribution < -0.4 is 10.1 Å². The van der Waals surface area contributed by atoms with Gasteiger partial charge in [0, 0.05) is 30.4 Å². The zero-order valence-corrected chi connectivity index (χ0v) is 13.3. The number of nitrogens with one attached hydrogen (secondary N) is 1. The van der Waals surface area contributed by atoms with E-state index >= 15 is 0 Å². The standard InChI is InChI=1S/C16H21F2N3O2/c1-11-14(12(2)21(20-11)6-7-22)10-19-5-8-23-13-3-4-15(17)16(18)9-13/h3-4,9,19,22H,5-8,10H2,1-2H3. The smallest absolute Gasteiger partial charge is 0.162 e. The number of nitrogens with zero attached hydrogens (tertiary/aromatic N) is 2. The number of rotatable bonds is 8. The molecule has 0 bridgehead atoms. The summed E-state index contributed by atoms with van der Waals surface area (Å²) in [5.41, 5.74) is 3.03. The summed E-state index contributed by atoms with van der Waals surface area (Å²) in [6, 6.07) is 3.47. The zero-order chi connectivity index (χ0) is 16.8. The lowest BCUT2D eigenvalue weighted by Gasteiger charge is -2.08. The predicted octanol–water partition coefficient (Wildman–Crippen LogP) is 1.94. The fourth-order valence-electron chi connectivity index (χ4n) is 2.32. The van der Waals surface area contributed by atoms with Gasteiger partial charge in [0.25, 0.3) is 0 Å². The molecule has 0 spiro atoms. The molecule has 0 aliphatic carbocycles. The largest absolute Gasteiger partial charge is 0.492 e. The number of ether oxygens (including phenoxy) is 1. The third-order valence-corrected chi connectivity index (χ3v) is 3.58. The molecule has 1 heterocycles. The van der Waals surface area contributed by atoms with E-state index in [9.17, 15) is 8.78 Å². The fraction of sp³-hybridized carbons (Fsp3) is 0.438. The van der Waals surface area contributed by atoms with Crippen LogP contribution in [0, 0.1) is 25.5 Å². The maximum Gasteiger partial charge on any atom is 0.162 e. The van der Waals surface area contributed by atoms with Crippen LogP contribution in [0.25, 0.3) is 0 Å². The Morgan fingerprint density at radius 1 is 1.26 bits per heavy atom. The van der Waals surface area contributed by atoms with Gasteiger partial charge in [-0.05, 0) is 26.0 Å². The van der Waals surface area contributed by atoms with E-state index in [2.05, 4.69) is 10.4 Å². The van der Waals surface area contributed by atoms with Gasteiger partial charge in [-0.25, -0.2) is 8.78 Å². The SMILES string of the molecule is Cc1nn(CCO)c(C)c1CNCCOc1ccc(F)c(F)c1. The molecule has 2 aromatic rings. The highest BCUT2D eigenvalue weighted by atomic mass is 19.2. The second-order valence-electron chi connectivity index (χ2n) is 5.20. The van der Waals surface area contributed by atoms with E-state index in [4.69, 9.17) is 9.84 Å². The normalized spacial score (nSPS) is 11.0. The van der Waals surface area contributed by atoms with Crippen molar-refractivity contribution in [3.8, 4) is 5.75 Å². The summed E-state index contributed by atoms with van der Waals surface area (Å²) in [6.45, 7) is 5.95. The van der Waals surface area contributed by atoms with Gasteiger partial charge in [-0.3, -0.25) is 4.68 Å². The molecule has 1 aromatic heterocycles. The van der Waals surface area contributed by atoms with Crippen molar-refractivity contribution in [3.05, 3.63) is 46.8 Å². The van der Waals surface area contributed by atoms with Crippen LogP contribution in [0.15, 0.2) is 18.2 Å². The first kappa shape index (κ1) is 17.4. The Morgan fingerprint density at radius 2 is 2.04 bits per heavy atom. The van der Waals surface area contributed by atoms with Gasteiger partial charge >= 0.3 is 0 Å². The molecule has 7 heteroatoms. The van der Waals surface area contributed by atoms with Crippen molar-refractivity contribution in [1.29, 1.82) is 0 Å². The second-order valence-corrected chi connectivity index (χ2v) is 5.20. The molecular weight excluding hydrogens is 304 g/mol. The highest BCUT2D eigenvalue weighted by Crippen LogP contribution is 2.15. The van der Waals surface area contributed by atoms with Crippen LogP contribution in [0.4, 0.5) is 8.78 Å². The lowest BCUT2D eigenvalue weighted by Crippen LogP contribution is -2.21. The average molecular weight is 325 g/mol. The molecular formula is C16H21F2N3O2. The van der Waals surface area contributed by atoms with Crippen LogP contribution in [0.2, 0.25) is 0 Å². The van der Waals surface area contributed by atoms with Gasteiger partial charge < -0.3 is 15.2 Å². The van der Waals surface area contributed by atoms with Crippen LogP contribution in [0.5, 0.6) is 5.75 Å². The number of aryl methyl sites for hydroxylation is 1. The van der Waals surface area contributed by atoms with Crippen molar-refractivity contribution in [2.45, 2.75) is 26.9 Å². The molecule has 2 rings (SSSR count). The van der Waals surface area contributed by atoms with Crippen LogP contribution in [0.1, 0.15) is 17.0 Å². The monoisotopic (exact) mass is 325 g/mol. The van der Waals surface area contributed by atoms with Gasteiger partial charge in [0.2, 0.25) is 0 Å². The first-order chi connectivity index (χ1) is 11.0. The molecule has 0 atom stereocenters. The van der Waals surface area contributed by atoms with E-state index < -0.39 is 11.6 Å². The Hall–Kier alpha value is -1.99. The fourth-order valence-corrected chi connectivity index (χ4v) is 2.32. The van der Waals surface area contributed by atoms with E-state index in [1.165, 1.54) is 6.07 Å². The summed E-state index contributed by atoms with van der Waals surface area (Å²) in [5.74, 6) is -1.51. The summed E-state index contributed by atoms with van der Waals surface area (Å²) in [4.78, 5) is 0. The second kappa shape index (κ2) is 8.03. The van der Waals surface area contributed by atoms with Gasteiger partial charge in [0.15, 0.2) is 11.6 Å². The highest BCUT2D eigenvalue weighted by molar-refractivity contribution is 5.25. The Morgan fingerprint density at radius 3 is 2.74 bits per heavy atom. The Labute approximate surface area is 133 Å². The van der Waals surface area contributed by atoms with Crippen molar-refractivity contribution in [1.82, 2.24) is 15.1 Å². The molecule has 0 aliphatic rings. The molecule has 0 saturated carbocycles. The number of hydrogen-bond acceptors (Lipinski definition) is 4. The molecule has 1 aromatic carbocycles. The Bertz CT molecular complexity index is 659. The maximum absolute atomic E-state index is 13.0. The van der Waals surface area contributed by atoms with Gasteiger partial charge in [0.05, 0.1) is 18.8 Å². The van der Waals surface area contributed by atoms with E-state index in [-0.39, 0.29) is 6.61 Å². The quantitative estimate of drug-likeness (QED) is 0.728. The molecule has 23 heavy (non-hydrogen) atoms. The summed E-state index contributed by atoms with van der Waals surface area (Å²) in [7, 11) is 0. The molecule has 0 aliphatic heterocycles. The van der Waals surface area contributed by atoms with Crippen LogP contribution in [-0.4, -0.2) is 34.6 Å². The summed E-state index contributed by atoms with van der Waals surface area (Å²) in [5, 5.41) is 16.6. The van der Waals surface area contributed by atoms with E-state index in [0.717, 1.165) is 29.1 Å². The summed E-state index contributed by atoms with van der Waals surface area (Å²) >= 11 is 0. The van der Waals surface area contributed by atoms with Crippen molar-refractivity contribution >= 4 is 0 Å². The number of aromatic nitrogens is 2. The van der Waals surface area contributed by atoms with Gasteiger partial charge in [-0.15, -0.1) is 0 Å². The highest BCUT2D eigenvalue weighted by Gasteiger charge is 2.10. The van der Waals surface area contributed by atoms with Crippen molar-refractivity contribution in [2.75, 3.05) is 19.8 Å². The zero-order valence-electron chi connectivity index (χ0n) is 13.3. The minimum atomic E-state index is -0.919. The number of aliphatic hydroxyl groups excluding tert-OH is 1. The predicted molar refractivity (Wildman–Crippen MR) is 82.3 cm³/mol. The molecule has 5 nitrogen and oxygen atoms in total. The minimum absolute atomic E-state index is 0.0525. The molecule has 2 N–H and O–H groups in total. The lowest BCUT2D eigenvalue weighted by molar-refractivity contribution is 0.267. The molecule has 126 valence electrons. The third kappa shape index (κ3) is 4.49. The molecule has 0 saturated heterocycles. The van der Waals surface area contributed by atoms with Crippen LogP contribution in [0.3, 0.4) is 0 Å². The van der Waals surface area contributed by atoms with Gasteiger partial charge in [-0.2, -0.15) is 5.10 Å². The van der Waals surface area contributed by atoms with E-state index in [0.29, 0.717) is 32.0 Å². The topological polar surface area (TPSA) is 59.3 Å². The van der Waals surface area contributed by atoms with E-state index in [1.807, 2.05) is 13.8 Å². The molecule has 0 fully saturated rings. The summed E-state index contributed by atoms with van der Waals surface area (Å²) in [6.07, 6.45) is 0. The van der Waals surface area contributed by atoms with Gasteiger partial charge in [0.1, 0.15) is 12.4 Å². The average Bonchev–Trinajstić information content (AvgIpc) is 2.78. The first-order valence-electron chi connectivity index (χ1n) is 7.45. The van der Waals surface area contributed by atoms with Gasteiger partial charge in [-0.1, -0.05) is 0 Å². The van der Waals surface area contributed by atoms with Crippen molar-refractivity contribution in [2.24, 2.45) is 0 Å². The molecule has 0 radical (unpaired) electrons. The number of aliphatic hydroxyl groups is 1. The number of hydrogen-bond donors (Lipinski definition) is 2.